The molecule has 1 unspecified atom stereocenters. The zero-order valence-corrected chi connectivity index (χ0v) is 15.2. The molecule has 1 heteroatoms. The molecule has 0 aliphatic heterocycles. The van der Waals surface area contributed by atoms with Gasteiger partial charge in [-0.05, 0) is 74.5 Å². The first-order chi connectivity index (χ1) is 11.6. The smallest absolute Gasteiger partial charge is 0.186 e. The number of terminal acetylenes is 1. The van der Waals surface area contributed by atoms with Crippen molar-refractivity contribution in [2.75, 3.05) is 0 Å². The van der Waals surface area contributed by atoms with E-state index in [-0.39, 0.29) is 5.41 Å². The van der Waals surface area contributed by atoms with Crippen LogP contribution in [0.5, 0.6) is 0 Å². The van der Waals surface area contributed by atoms with E-state index >= 15 is 0 Å². The Morgan fingerprint density at radius 2 is 1.83 bits per heavy atom. The summed E-state index contributed by atoms with van der Waals surface area (Å²) in [6.07, 6.45) is 23.9. The van der Waals surface area contributed by atoms with Crippen LogP contribution in [0, 0.1) is 59.4 Å². The summed E-state index contributed by atoms with van der Waals surface area (Å²) < 4.78 is 6.04. The van der Waals surface area contributed by atoms with Gasteiger partial charge < -0.3 is 4.74 Å². The molecule has 0 aromatic heterocycles. The fourth-order valence-corrected chi connectivity index (χ4v) is 6.99. The first kappa shape index (κ1) is 16.1. The van der Waals surface area contributed by atoms with Gasteiger partial charge >= 0.3 is 0 Å². The van der Waals surface area contributed by atoms with Gasteiger partial charge in [0.25, 0.3) is 0 Å². The molecule has 0 bridgehead atoms. The summed E-state index contributed by atoms with van der Waals surface area (Å²) >= 11 is 0. The second kappa shape index (κ2) is 5.88. The Labute approximate surface area is 147 Å². The van der Waals surface area contributed by atoms with Gasteiger partial charge in [0.2, 0.25) is 0 Å². The topological polar surface area (TPSA) is 9.23 Å². The maximum atomic E-state index is 6.04. The van der Waals surface area contributed by atoms with Crippen molar-refractivity contribution in [2.24, 2.45) is 35.0 Å². The van der Waals surface area contributed by atoms with Crippen molar-refractivity contribution < 1.29 is 4.74 Å². The van der Waals surface area contributed by atoms with Crippen molar-refractivity contribution >= 4 is 0 Å². The number of hydrogen-bond acceptors (Lipinski definition) is 1. The Morgan fingerprint density at radius 3 is 2.62 bits per heavy atom. The normalized spacial score (nSPS) is 49.0. The summed E-state index contributed by atoms with van der Waals surface area (Å²) in [6.45, 7) is 4.23. The zero-order valence-electron chi connectivity index (χ0n) is 15.2. The molecule has 0 amide bonds. The first-order valence-electron chi connectivity index (χ1n) is 9.88. The Morgan fingerprint density at radius 1 is 1.00 bits per heavy atom. The molecule has 0 spiro atoms. The van der Waals surface area contributed by atoms with Gasteiger partial charge in [-0.1, -0.05) is 30.9 Å². The fourth-order valence-electron chi connectivity index (χ4n) is 6.99. The zero-order chi connectivity index (χ0) is 16.8. The monoisotopic (exact) mass is 322 g/mol. The van der Waals surface area contributed by atoms with Crippen LogP contribution in [0.15, 0.2) is 12.2 Å². The number of rotatable bonds is 1. The predicted octanol–water partition coefficient (Wildman–Crippen LogP) is 5.17. The van der Waals surface area contributed by atoms with Crippen LogP contribution in [0.2, 0.25) is 0 Å². The minimum absolute atomic E-state index is 0.101. The third kappa shape index (κ3) is 2.10. The average Bonchev–Trinajstić information content (AvgIpc) is 2.92. The van der Waals surface area contributed by atoms with Crippen LogP contribution >= 0.6 is 0 Å². The highest BCUT2D eigenvalue weighted by Crippen LogP contribution is 2.65. The maximum Gasteiger partial charge on any atom is 0.186 e. The summed E-state index contributed by atoms with van der Waals surface area (Å²) in [4.78, 5) is 0. The molecule has 0 radical (unpaired) electrons. The summed E-state index contributed by atoms with van der Waals surface area (Å²) in [5.74, 6) is 10.3. The van der Waals surface area contributed by atoms with Gasteiger partial charge in [-0.3, -0.25) is 0 Å². The summed E-state index contributed by atoms with van der Waals surface area (Å²) in [5.41, 5.74) is -0.362. The predicted molar refractivity (Wildman–Crippen MR) is 97.7 cm³/mol. The Balaban J connectivity index is 1.63. The Hall–Kier alpha value is -1.34. The van der Waals surface area contributed by atoms with E-state index in [1.54, 1.807) is 0 Å². The number of hydrogen-bond donors (Lipinski definition) is 0. The van der Waals surface area contributed by atoms with Gasteiger partial charge in [-0.25, -0.2) is 0 Å². The minimum atomic E-state index is -0.463. The molecule has 0 N–H and O–H groups in total. The van der Waals surface area contributed by atoms with E-state index in [1.165, 1.54) is 44.9 Å². The lowest BCUT2D eigenvalue weighted by atomic mass is 9.49. The van der Waals surface area contributed by atoms with Gasteiger partial charge in [0, 0.05) is 18.8 Å². The van der Waals surface area contributed by atoms with E-state index in [9.17, 15) is 0 Å². The molecule has 0 saturated heterocycles. The highest BCUT2D eigenvalue weighted by molar-refractivity contribution is 5.25. The maximum absolute atomic E-state index is 6.04. The summed E-state index contributed by atoms with van der Waals surface area (Å²) in [5, 5.41) is 0. The van der Waals surface area contributed by atoms with E-state index in [0.717, 1.165) is 36.0 Å². The molecule has 7 atom stereocenters. The molecule has 0 aromatic carbocycles. The van der Waals surface area contributed by atoms with Crippen molar-refractivity contribution in [3.63, 3.8) is 0 Å². The van der Waals surface area contributed by atoms with Crippen LogP contribution in [0.1, 0.15) is 65.2 Å². The molecular formula is C23H30O. The molecule has 128 valence electrons. The summed E-state index contributed by atoms with van der Waals surface area (Å²) in [7, 11) is 0. The highest BCUT2D eigenvalue weighted by Gasteiger charge is 2.64. The van der Waals surface area contributed by atoms with Crippen molar-refractivity contribution in [2.45, 2.75) is 70.8 Å². The summed E-state index contributed by atoms with van der Waals surface area (Å²) in [6, 6.07) is 0. The minimum Gasteiger partial charge on any atom is -0.426 e. The fraction of sp³-hybridized carbons (Fsp3) is 0.739. The van der Waals surface area contributed by atoms with Gasteiger partial charge in [-0.15, -0.1) is 6.42 Å². The van der Waals surface area contributed by atoms with Gasteiger partial charge in [0.15, 0.2) is 5.60 Å². The van der Waals surface area contributed by atoms with Gasteiger partial charge in [-0.2, -0.15) is 0 Å². The van der Waals surface area contributed by atoms with Crippen LogP contribution in [-0.2, 0) is 4.74 Å². The van der Waals surface area contributed by atoms with Crippen molar-refractivity contribution in [3.8, 4) is 24.4 Å². The lowest BCUT2D eigenvalue weighted by Gasteiger charge is -2.56. The quantitative estimate of drug-likeness (QED) is 0.478. The molecule has 4 aliphatic carbocycles. The van der Waals surface area contributed by atoms with Crippen molar-refractivity contribution in [1.82, 2.24) is 0 Å². The lowest BCUT2D eigenvalue weighted by Crippen LogP contribution is -2.53. The highest BCUT2D eigenvalue weighted by atomic mass is 16.5. The second-order valence-corrected chi connectivity index (χ2v) is 8.80. The molecule has 4 rings (SSSR count). The average molecular weight is 322 g/mol. The van der Waals surface area contributed by atoms with E-state index in [4.69, 9.17) is 11.2 Å². The van der Waals surface area contributed by atoms with E-state index in [0.29, 0.717) is 0 Å². The molecule has 3 fully saturated rings. The number of allylic oxidation sites excluding steroid dienone is 2. The molecule has 3 saturated carbocycles. The standard InChI is InChI=1S/C23H30O/c1-4-16-24-23(5-2)15-13-21-20-11-10-17-8-6-7-9-18(17)19(20)12-14-22(21,23)3/h2,6-7,17-21H,8-15H2,1,3H3/t17?,18-,19+,20+,21-,22-,23-/m0/s1. The third-order valence-corrected chi connectivity index (χ3v) is 8.21. The van der Waals surface area contributed by atoms with Crippen LogP contribution < -0.4 is 0 Å². The largest absolute Gasteiger partial charge is 0.426 e. The molecule has 4 aliphatic rings. The van der Waals surface area contributed by atoms with Crippen LogP contribution in [0.25, 0.3) is 0 Å². The van der Waals surface area contributed by atoms with Crippen LogP contribution in [0.3, 0.4) is 0 Å². The number of ether oxygens (including phenoxy) is 1. The van der Waals surface area contributed by atoms with Gasteiger partial charge in [0.1, 0.15) is 6.11 Å². The third-order valence-electron chi connectivity index (χ3n) is 8.21. The van der Waals surface area contributed by atoms with E-state index < -0.39 is 5.60 Å². The van der Waals surface area contributed by atoms with E-state index in [1.807, 2.05) is 6.92 Å². The Kier molecular flexibility index (Phi) is 3.95. The molecule has 0 heterocycles. The second-order valence-electron chi connectivity index (χ2n) is 8.80. The molecule has 24 heavy (non-hydrogen) atoms. The van der Waals surface area contributed by atoms with Crippen LogP contribution in [0.4, 0.5) is 0 Å². The molecular weight excluding hydrogens is 292 g/mol. The number of fused-ring (bicyclic) bond motifs is 5. The Bertz CT molecular complexity index is 629. The van der Waals surface area contributed by atoms with Crippen molar-refractivity contribution in [3.05, 3.63) is 12.2 Å². The molecule has 0 aromatic rings. The SMILES string of the molecule is C#C[C@]1(OC#CC)CC[C@H]2[C@@H]3CCC4CC=CC[C@@H]4[C@H]3CC[C@@]21C. The van der Waals surface area contributed by atoms with E-state index in [2.05, 4.69) is 37.0 Å². The van der Waals surface area contributed by atoms with Crippen molar-refractivity contribution in [1.29, 1.82) is 0 Å². The van der Waals surface area contributed by atoms with Crippen LogP contribution in [-0.4, -0.2) is 5.60 Å². The molecule has 1 nitrogen and oxygen atoms in total. The lowest BCUT2D eigenvalue weighted by molar-refractivity contribution is -0.0989. The van der Waals surface area contributed by atoms with Gasteiger partial charge in [0.05, 0.1) is 0 Å². The first-order valence-corrected chi connectivity index (χ1v) is 9.88.